The van der Waals surface area contributed by atoms with Gasteiger partial charge < -0.3 is 4.90 Å². The van der Waals surface area contributed by atoms with Gasteiger partial charge in [0.25, 0.3) is 11.6 Å². The van der Waals surface area contributed by atoms with Gasteiger partial charge in [-0.25, -0.2) is 0 Å². The Labute approximate surface area is 147 Å². The van der Waals surface area contributed by atoms with Crippen molar-refractivity contribution < 1.29 is 22.9 Å². The van der Waals surface area contributed by atoms with Crippen LogP contribution in [0.2, 0.25) is 0 Å². The van der Waals surface area contributed by atoms with E-state index in [0.29, 0.717) is 36.2 Å². The average Bonchev–Trinajstić information content (AvgIpc) is 2.59. The summed E-state index contributed by atoms with van der Waals surface area (Å²) in [6, 6.07) is 7.48. The van der Waals surface area contributed by atoms with Crippen molar-refractivity contribution in [1.82, 2.24) is 0 Å². The third-order valence-electron chi connectivity index (χ3n) is 4.42. The predicted molar refractivity (Wildman–Crippen MR) is 89.3 cm³/mol. The highest BCUT2D eigenvalue weighted by atomic mass is 19.4. The number of carbonyl (C=O) groups is 1. The van der Waals surface area contributed by atoms with Crippen molar-refractivity contribution in [3.63, 3.8) is 0 Å². The fourth-order valence-corrected chi connectivity index (χ4v) is 3.08. The number of alkyl halides is 3. The van der Waals surface area contributed by atoms with Crippen molar-refractivity contribution in [3.05, 3.63) is 68.8 Å². The highest BCUT2D eigenvalue weighted by Gasteiger charge is 2.33. The zero-order chi connectivity index (χ0) is 19.1. The molecule has 1 amide bonds. The van der Waals surface area contributed by atoms with E-state index in [0.717, 1.165) is 12.1 Å². The Morgan fingerprint density at radius 3 is 2.58 bits per heavy atom. The molecule has 26 heavy (non-hydrogen) atoms. The van der Waals surface area contributed by atoms with Gasteiger partial charge in [0, 0.05) is 29.4 Å². The number of hydrogen-bond acceptors (Lipinski definition) is 3. The number of aryl methyl sites for hydroxylation is 2. The van der Waals surface area contributed by atoms with E-state index in [2.05, 4.69) is 0 Å². The van der Waals surface area contributed by atoms with Gasteiger partial charge in [-0.15, -0.1) is 0 Å². The van der Waals surface area contributed by atoms with Crippen LogP contribution in [0.15, 0.2) is 36.4 Å². The first kappa shape index (κ1) is 17.9. The van der Waals surface area contributed by atoms with E-state index >= 15 is 0 Å². The molecule has 0 saturated heterocycles. The lowest BCUT2D eigenvalue weighted by Gasteiger charge is -2.30. The van der Waals surface area contributed by atoms with E-state index in [4.69, 9.17) is 0 Å². The third kappa shape index (κ3) is 3.26. The molecular weight excluding hydrogens is 349 g/mol. The first-order valence-corrected chi connectivity index (χ1v) is 7.95. The molecule has 0 unspecified atom stereocenters. The summed E-state index contributed by atoms with van der Waals surface area (Å²) in [7, 11) is 0. The molecule has 3 rings (SSSR count). The molecule has 0 aliphatic carbocycles. The van der Waals surface area contributed by atoms with Crippen LogP contribution >= 0.6 is 0 Å². The summed E-state index contributed by atoms with van der Waals surface area (Å²) in [5.41, 5.74) is 0.506. The molecule has 0 radical (unpaired) electrons. The molecule has 136 valence electrons. The van der Waals surface area contributed by atoms with Gasteiger partial charge in [-0.2, -0.15) is 13.2 Å². The maximum Gasteiger partial charge on any atom is 0.416 e. The first-order chi connectivity index (χ1) is 12.2. The number of hydrogen-bond donors (Lipinski definition) is 0. The van der Waals surface area contributed by atoms with Crippen LogP contribution in [0.4, 0.5) is 24.5 Å². The molecule has 0 fully saturated rings. The van der Waals surface area contributed by atoms with Gasteiger partial charge in [0.05, 0.1) is 10.5 Å². The maximum atomic E-state index is 12.9. The van der Waals surface area contributed by atoms with Gasteiger partial charge in [0.2, 0.25) is 0 Å². The monoisotopic (exact) mass is 364 g/mol. The molecule has 0 aromatic heterocycles. The molecule has 1 aliphatic heterocycles. The highest BCUT2D eigenvalue weighted by Crippen LogP contribution is 2.36. The number of anilines is 1. The Hall–Kier alpha value is -2.90. The van der Waals surface area contributed by atoms with Crippen LogP contribution in [-0.4, -0.2) is 17.4 Å². The van der Waals surface area contributed by atoms with E-state index in [1.54, 1.807) is 6.92 Å². The standard InChI is InChI=1S/C18H15F3N2O3/c1-11-4-5-13(10-16(11)23(25)26)17(24)22-8-2-3-12-9-14(18(19,20)21)6-7-15(12)22/h4-7,9-10H,2-3,8H2,1H3. The lowest BCUT2D eigenvalue weighted by Crippen LogP contribution is -2.35. The van der Waals surface area contributed by atoms with Crippen LogP contribution in [0.3, 0.4) is 0 Å². The molecule has 1 aliphatic rings. The predicted octanol–water partition coefficient (Wildman–Crippen LogP) is 4.52. The number of carbonyl (C=O) groups excluding carboxylic acids is 1. The fraction of sp³-hybridized carbons (Fsp3) is 0.278. The lowest BCUT2D eigenvalue weighted by molar-refractivity contribution is -0.385. The Balaban J connectivity index is 1.98. The van der Waals surface area contributed by atoms with Crippen molar-refractivity contribution in [3.8, 4) is 0 Å². The van der Waals surface area contributed by atoms with E-state index < -0.39 is 22.6 Å². The first-order valence-electron chi connectivity index (χ1n) is 7.95. The van der Waals surface area contributed by atoms with Gasteiger partial charge >= 0.3 is 6.18 Å². The Kier molecular flexibility index (Phi) is 4.43. The third-order valence-corrected chi connectivity index (χ3v) is 4.42. The molecule has 2 aromatic carbocycles. The van der Waals surface area contributed by atoms with E-state index in [1.165, 1.54) is 29.2 Å². The van der Waals surface area contributed by atoms with Crippen molar-refractivity contribution in [1.29, 1.82) is 0 Å². The zero-order valence-corrected chi connectivity index (χ0v) is 13.8. The molecular formula is C18H15F3N2O3. The second-order valence-electron chi connectivity index (χ2n) is 6.16. The molecule has 5 nitrogen and oxygen atoms in total. The number of fused-ring (bicyclic) bond motifs is 1. The molecule has 0 spiro atoms. The van der Waals surface area contributed by atoms with Gasteiger partial charge in [0.15, 0.2) is 0 Å². The molecule has 2 aromatic rings. The van der Waals surface area contributed by atoms with Crippen molar-refractivity contribution in [2.75, 3.05) is 11.4 Å². The maximum absolute atomic E-state index is 12.9. The Bertz CT molecular complexity index is 894. The summed E-state index contributed by atoms with van der Waals surface area (Å²) in [6.45, 7) is 1.92. The molecule has 0 N–H and O–H groups in total. The van der Waals surface area contributed by atoms with Crippen LogP contribution in [-0.2, 0) is 12.6 Å². The molecule has 1 heterocycles. The van der Waals surface area contributed by atoms with Gasteiger partial charge in [-0.1, -0.05) is 6.07 Å². The van der Waals surface area contributed by atoms with Crippen molar-refractivity contribution in [2.45, 2.75) is 25.9 Å². The number of nitro groups is 1. The zero-order valence-electron chi connectivity index (χ0n) is 13.8. The Morgan fingerprint density at radius 1 is 1.19 bits per heavy atom. The van der Waals surface area contributed by atoms with Crippen LogP contribution in [0.5, 0.6) is 0 Å². The lowest BCUT2D eigenvalue weighted by atomic mass is 9.98. The number of benzene rings is 2. The second-order valence-corrected chi connectivity index (χ2v) is 6.16. The smallest absolute Gasteiger partial charge is 0.308 e. The fourth-order valence-electron chi connectivity index (χ4n) is 3.08. The normalized spacial score (nSPS) is 14.1. The Morgan fingerprint density at radius 2 is 1.92 bits per heavy atom. The van der Waals surface area contributed by atoms with Crippen LogP contribution in [0.25, 0.3) is 0 Å². The van der Waals surface area contributed by atoms with Gasteiger partial charge in [-0.3, -0.25) is 14.9 Å². The summed E-state index contributed by atoms with van der Waals surface area (Å²) in [5.74, 6) is -0.464. The summed E-state index contributed by atoms with van der Waals surface area (Å²) in [5, 5.41) is 11.1. The quantitative estimate of drug-likeness (QED) is 0.582. The van der Waals surface area contributed by atoms with Crippen molar-refractivity contribution in [2.24, 2.45) is 0 Å². The minimum absolute atomic E-state index is 0.134. The van der Waals surface area contributed by atoms with E-state index in [-0.39, 0.29) is 11.3 Å². The number of amides is 1. The number of rotatable bonds is 2. The second kappa shape index (κ2) is 6.44. The summed E-state index contributed by atoms with van der Waals surface area (Å²) in [4.78, 5) is 24.7. The molecule has 8 heteroatoms. The topological polar surface area (TPSA) is 63.5 Å². The molecule has 0 bridgehead atoms. The largest absolute Gasteiger partial charge is 0.416 e. The van der Waals surface area contributed by atoms with Crippen LogP contribution < -0.4 is 4.90 Å². The summed E-state index contributed by atoms with van der Waals surface area (Å²) in [6.07, 6.45) is -3.48. The molecule has 0 atom stereocenters. The summed E-state index contributed by atoms with van der Waals surface area (Å²) >= 11 is 0. The number of nitro benzene ring substituents is 1. The van der Waals surface area contributed by atoms with Crippen molar-refractivity contribution >= 4 is 17.3 Å². The SMILES string of the molecule is Cc1ccc(C(=O)N2CCCc3cc(C(F)(F)F)ccc32)cc1[N+](=O)[O-]. The van der Waals surface area contributed by atoms with E-state index in [9.17, 15) is 28.1 Å². The highest BCUT2D eigenvalue weighted by molar-refractivity contribution is 6.07. The minimum Gasteiger partial charge on any atom is -0.308 e. The van der Waals surface area contributed by atoms with E-state index in [1.807, 2.05) is 0 Å². The van der Waals surface area contributed by atoms with Crippen LogP contribution in [0, 0.1) is 17.0 Å². The molecule has 0 saturated carbocycles. The van der Waals surface area contributed by atoms with Gasteiger partial charge in [-0.05, 0) is 49.6 Å². The number of nitrogens with zero attached hydrogens (tertiary/aromatic N) is 2. The average molecular weight is 364 g/mol. The number of halogens is 3. The van der Waals surface area contributed by atoms with Crippen LogP contribution in [0.1, 0.15) is 33.5 Å². The minimum atomic E-state index is -4.45. The van der Waals surface area contributed by atoms with Gasteiger partial charge in [0.1, 0.15) is 0 Å². The summed E-state index contributed by atoms with van der Waals surface area (Å²) < 4.78 is 38.7.